The first-order chi connectivity index (χ1) is 9.61. The molecule has 0 bridgehead atoms. The van der Waals surface area contributed by atoms with Crippen molar-refractivity contribution in [3.05, 3.63) is 18.0 Å². The van der Waals surface area contributed by atoms with Crippen molar-refractivity contribution in [1.82, 2.24) is 9.78 Å². The van der Waals surface area contributed by atoms with Gasteiger partial charge in [0.25, 0.3) is 0 Å². The second-order valence-electron chi connectivity index (χ2n) is 5.63. The fourth-order valence-electron chi connectivity index (χ4n) is 2.91. The fourth-order valence-corrected chi connectivity index (χ4v) is 2.91. The summed E-state index contributed by atoms with van der Waals surface area (Å²) in [5.41, 5.74) is 0.173. The van der Waals surface area contributed by atoms with Gasteiger partial charge in [0.1, 0.15) is 0 Å². The molecule has 0 atom stereocenters. The first kappa shape index (κ1) is 15.0. The number of carboxylic acids is 1. The van der Waals surface area contributed by atoms with Gasteiger partial charge >= 0.3 is 5.97 Å². The molecule has 0 unspecified atom stereocenters. The van der Waals surface area contributed by atoms with Gasteiger partial charge in [-0.3, -0.25) is 9.48 Å². The molecule has 0 aromatic carbocycles. The van der Waals surface area contributed by atoms with E-state index in [-0.39, 0.29) is 0 Å². The van der Waals surface area contributed by atoms with Crippen molar-refractivity contribution in [2.75, 3.05) is 13.2 Å². The molecular weight excluding hydrogens is 256 g/mol. The second kappa shape index (κ2) is 6.39. The highest BCUT2D eigenvalue weighted by Crippen LogP contribution is 2.34. The highest BCUT2D eigenvalue weighted by atomic mass is 16.5. The number of hydrogen-bond donors (Lipinski definition) is 1. The minimum atomic E-state index is -0.724. The van der Waals surface area contributed by atoms with E-state index in [1.807, 2.05) is 16.9 Å². The van der Waals surface area contributed by atoms with E-state index in [0.29, 0.717) is 38.5 Å². The largest absolute Gasteiger partial charge is 0.481 e. The fraction of sp³-hybridized carbons (Fsp3) is 0.733. The lowest BCUT2D eigenvalue weighted by molar-refractivity contribution is -0.154. The number of carboxylic acid groups (broad SMARTS) is 1. The van der Waals surface area contributed by atoms with Crippen LogP contribution in [0.5, 0.6) is 0 Å². The molecule has 2 rings (SSSR count). The Labute approximate surface area is 119 Å². The lowest BCUT2D eigenvalue weighted by Gasteiger charge is -2.32. The average Bonchev–Trinajstić information content (AvgIpc) is 2.89. The predicted molar refractivity (Wildman–Crippen MR) is 75.7 cm³/mol. The van der Waals surface area contributed by atoms with Crippen LogP contribution in [-0.4, -0.2) is 34.1 Å². The third kappa shape index (κ3) is 3.03. The third-order valence-electron chi connectivity index (χ3n) is 4.40. The molecule has 1 fully saturated rings. The Morgan fingerprint density at radius 3 is 2.65 bits per heavy atom. The number of ether oxygens (including phenoxy) is 1. The summed E-state index contributed by atoms with van der Waals surface area (Å²) in [4.78, 5) is 11.6. The molecule has 5 heteroatoms. The lowest BCUT2D eigenvalue weighted by atomic mass is 9.76. The number of aliphatic carboxylic acids is 1. The predicted octanol–water partition coefficient (Wildman–Crippen LogP) is 2.67. The Balaban J connectivity index is 2.13. The van der Waals surface area contributed by atoms with Gasteiger partial charge < -0.3 is 9.84 Å². The zero-order chi connectivity index (χ0) is 14.6. The summed E-state index contributed by atoms with van der Waals surface area (Å²) < 4.78 is 7.28. The Bertz CT molecular complexity index is 446. The molecule has 1 aromatic heterocycles. The molecule has 2 heterocycles. The third-order valence-corrected chi connectivity index (χ3v) is 4.40. The van der Waals surface area contributed by atoms with E-state index < -0.39 is 11.4 Å². The Kier molecular flexibility index (Phi) is 4.81. The van der Waals surface area contributed by atoms with Crippen LogP contribution in [0.2, 0.25) is 0 Å². The van der Waals surface area contributed by atoms with Crippen LogP contribution in [0.4, 0.5) is 0 Å². The van der Waals surface area contributed by atoms with Crippen LogP contribution in [0, 0.1) is 5.41 Å². The summed E-state index contributed by atoms with van der Waals surface area (Å²) >= 11 is 0. The zero-order valence-electron chi connectivity index (χ0n) is 12.3. The molecule has 1 aliphatic heterocycles. The molecule has 1 aliphatic rings. The van der Waals surface area contributed by atoms with Gasteiger partial charge in [0, 0.05) is 25.8 Å². The molecule has 20 heavy (non-hydrogen) atoms. The van der Waals surface area contributed by atoms with E-state index >= 15 is 0 Å². The van der Waals surface area contributed by atoms with E-state index in [9.17, 15) is 9.90 Å². The van der Waals surface area contributed by atoms with Crippen molar-refractivity contribution in [2.24, 2.45) is 5.41 Å². The lowest BCUT2D eigenvalue weighted by Crippen LogP contribution is -2.39. The normalized spacial score (nSPS) is 18.4. The standard InChI is InChI=1S/C15H24N2O3/c1-3-13(4-2)17-8-5-12(16-17)11-15(14(18)19)6-9-20-10-7-15/h5,8,13H,3-4,6-7,9-11H2,1-2H3,(H,18,19). The van der Waals surface area contributed by atoms with Crippen molar-refractivity contribution < 1.29 is 14.6 Å². The highest BCUT2D eigenvalue weighted by molar-refractivity contribution is 5.75. The molecule has 0 amide bonds. The maximum absolute atomic E-state index is 11.6. The summed E-state index contributed by atoms with van der Waals surface area (Å²) in [5, 5.41) is 14.2. The van der Waals surface area contributed by atoms with Crippen LogP contribution < -0.4 is 0 Å². The van der Waals surface area contributed by atoms with E-state index in [1.54, 1.807) is 0 Å². The Hall–Kier alpha value is -1.36. The van der Waals surface area contributed by atoms with Gasteiger partial charge in [0.2, 0.25) is 0 Å². The molecule has 112 valence electrons. The van der Waals surface area contributed by atoms with Crippen LogP contribution in [0.15, 0.2) is 12.3 Å². The zero-order valence-corrected chi connectivity index (χ0v) is 12.3. The van der Waals surface area contributed by atoms with Crippen LogP contribution >= 0.6 is 0 Å². The number of nitrogens with zero attached hydrogens (tertiary/aromatic N) is 2. The van der Waals surface area contributed by atoms with Crippen molar-refractivity contribution in [3.63, 3.8) is 0 Å². The van der Waals surface area contributed by atoms with E-state index in [1.165, 1.54) is 0 Å². The molecule has 0 spiro atoms. The molecule has 0 saturated carbocycles. The minimum Gasteiger partial charge on any atom is -0.481 e. The van der Waals surface area contributed by atoms with Crippen molar-refractivity contribution >= 4 is 5.97 Å². The molecule has 5 nitrogen and oxygen atoms in total. The van der Waals surface area contributed by atoms with Crippen LogP contribution in [-0.2, 0) is 16.0 Å². The Morgan fingerprint density at radius 1 is 1.45 bits per heavy atom. The summed E-state index contributed by atoms with van der Waals surface area (Å²) in [6, 6.07) is 2.36. The van der Waals surface area contributed by atoms with Gasteiger partial charge in [-0.05, 0) is 31.7 Å². The topological polar surface area (TPSA) is 64.4 Å². The quantitative estimate of drug-likeness (QED) is 0.870. The minimum absolute atomic E-state index is 0.402. The SMILES string of the molecule is CCC(CC)n1ccc(CC2(C(=O)O)CCOCC2)n1. The van der Waals surface area contributed by atoms with Gasteiger partial charge in [-0.1, -0.05) is 13.8 Å². The smallest absolute Gasteiger partial charge is 0.310 e. The molecule has 0 radical (unpaired) electrons. The molecule has 0 aliphatic carbocycles. The van der Waals surface area contributed by atoms with Gasteiger partial charge in [-0.25, -0.2) is 0 Å². The monoisotopic (exact) mass is 280 g/mol. The molecular formula is C15H24N2O3. The molecule has 1 saturated heterocycles. The number of carbonyl (C=O) groups is 1. The summed E-state index contributed by atoms with van der Waals surface area (Å²) in [7, 11) is 0. The first-order valence-corrected chi connectivity index (χ1v) is 7.46. The number of rotatable bonds is 6. The number of aromatic nitrogens is 2. The van der Waals surface area contributed by atoms with Crippen LogP contribution in [0.3, 0.4) is 0 Å². The summed E-state index contributed by atoms with van der Waals surface area (Å²) in [6.45, 7) is 5.35. The first-order valence-electron chi connectivity index (χ1n) is 7.46. The molecule has 1 N–H and O–H groups in total. The van der Waals surface area contributed by atoms with Gasteiger partial charge in [-0.15, -0.1) is 0 Å². The van der Waals surface area contributed by atoms with Crippen LogP contribution in [0.25, 0.3) is 0 Å². The van der Waals surface area contributed by atoms with Crippen molar-refractivity contribution in [1.29, 1.82) is 0 Å². The summed E-state index contributed by atoms with van der Waals surface area (Å²) in [5.74, 6) is -0.724. The van der Waals surface area contributed by atoms with Crippen molar-refractivity contribution in [2.45, 2.75) is 52.0 Å². The van der Waals surface area contributed by atoms with Gasteiger partial charge in [0.05, 0.1) is 17.2 Å². The summed E-state index contributed by atoms with van der Waals surface area (Å²) in [6.07, 6.45) is 5.69. The number of hydrogen-bond acceptors (Lipinski definition) is 3. The average molecular weight is 280 g/mol. The van der Waals surface area contributed by atoms with Crippen LogP contribution in [0.1, 0.15) is 51.3 Å². The van der Waals surface area contributed by atoms with Gasteiger partial charge in [0.15, 0.2) is 0 Å². The van der Waals surface area contributed by atoms with E-state index in [0.717, 1.165) is 18.5 Å². The van der Waals surface area contributed by atoms with Crippen molar-refractivity contribution in [3.8, 4) is 0 Å². The second-order valence-corrected chi connectivity index (χ2v) is 5.63. The maximum Gasteiger partial charge on any atom is 0.310 e. The maximum atomic E-state index is 11.6. The highest BCUT2D eigenvalue weighted by Gasteiger charge is 2.40. The molecule has 1 aromatic rings. The van der Waals surface area contributed by atoms with E-state index in [2.05, 4.69) is 18.9 Å². The Morgan fingerprint density at radius 2 is 2.10 bits per heavy atom. The van der Waals surface area contributed by atoms with Gasteiger partial charge in [-0.2, -0.15) is 5.10 Å². The van der Waals surface area contributed by atoms with E-state index in [4.69, 9.17) is 4.74 Å².